The van der Waals surface area contributed by atoms with Crippen LogP contribution in [-0.4, -0.2) is 39.8 Å². The maximum Gasteiger partial charge on any atom is 0.408 e. The summed E-state index contributed by atoms with van der Waals surface area (Å²) in [7, 11) is 0. The molecule has 1 amide bonds. The van der Waals surface area contributed by atoms with E-state index in [1.165, 1.54) is 0 Å². The fourth-order valence-electron chi connectivity index (χ4n) is 2.47. The fourth-order valence-corrected chi connectivity index (χ4v) is 2.73. The zero-order chi connectivity index (χ0) is 14.0. The van der Waals surface area contributed by atoms with Crippen LogP contribution in [0.2, 0.25) is 0 Å². The first-order chi connectivity index (χ1) is 8.97. The Labute approximate surface area is 119 Å². The molecule has 0 aromatic heterocycles. The zero-order valence-corrected chi connectivity index (χ0v) is 11.7. The van der Waals surface area contributed by atoms with Gasteiger partial charge in [0.25, 0.3) is 0 Å². The minimum Gasteiger partial charge on any atom is -0.480 e. The van der Waals surface area contributed by atoms with E-state index in [1.807, 2.05) is 24.3 Å². The third kappa shape index (κ3) is 3.26. The summed E-state index contributed by atoms with van der Waals surface area (Å²) in [5, 5.41) is 18.1. The molecule has 1 saturated heterocycles. The van der Waals surface area contributed by atoms with Gasteiger partial charge in [-0.1, -0.05) is 28.1 Å². The number of benzene rings is 1. The molecule has 0 radical (unpaired) electrons. The second-order valence-electron chi connectivity index (χ2n) is 4.72. The predicted octanol–water partition coefficient (Wildman–Crippen LogP) is 2.44. The van der Waals surface area contributed by atoms with Crippen molar-refractivity contribution in [1.29, 1.82) is 0 Å². The summed E-state index contributed by atoms with van der Waals surface area (Å²) in [5.41, 5.74) is 1.09. The molecule has 0 bridgehead atoms. The first kappa shape index (κ1) is 13.9. The van der Waals surface area contributed by atoms with E-state index in [2.05, 4.69) is 15.9 Å². The molecule has 1 fully saturated rings. The van der Waals surface area contributed by atoms with Gasteiger partial charge in [0.1, 0.15) is 6.04 Å². The molecule has 0 unspecified atom stereocenters. The number of hydrogen-bond acceptors (Lipinski definition) is 2. The highest BCUT2D eigenvalue weighted by atomic mass is 79.9. The quantitative estimate of drug-likeness (QED) is 0.893. The molecule has 6 heteroatoms. The Bertz CT molecular complexity index is 466. The standard InChI is InChI=1S/C13H14BrNO4/c14-10-3-1-8(2-4-10)5-9-6-11(12(16)17)15(7-9)13(18)19/h1-4,9,11H,5-7H2,(H,16,17)(H,18,19)/t9-,11+/m1/s1. The van der Waals surface area contributed by atoms with Gasteiger partial charge in [-0.05, 0) is 36.5 Å². The molecule has 0 spiro atoms. The van der Waals surface area contributed by atoms with E-state index in [-0.39, 0.29) is 12.5 Å². The highest BCUT2D eigenvalue weighted by Crippen LogP contribution is 2.27. The summed E-state index contributed by atoms with van der Waals surface area (Å²) in [6, 6.07) is 6.85. The summed E-state index contributed by atoms with van der Waals surface area (Å²) in [6.45, 7) is 0.280. The highest BCUT2D eigenvalue weighted by molar-refractivity contribution is 9.10. The molecule has 2 rings (SSSR count). The van der Waals surface area contributed by atoms with Crippen LogP contribution in [0.1, 0.15) is 12.0 Å². The maximum absolute atomic E-state index is 11.0. The molecule has 2 atom stereocenters. The van der Waals surface area contributed by atoms with Gasteiger partial charge in [-0.2, -0.15) is 0 Å². The minimum atomic E-state index is -1.16. The van der Waals surface area contributed by atoms with Crippen LogP contribution in [0.5, 0.6) is 0 Å². The van der Waals surface area contributed by atoms with Gasteiger partial charge in [0.2, 0.25) is 0 Å². The second kappa shape index (κ2) is 5.61. The van der Waals surface area contributed by atoms with Crippen LogP contribution in [0.15, 0.2) is 28.7 Å². The summed E-state index contributed by atoms with van der Waals surface area (Å²) >= 11 is 3.35. The number of hydrogen-bond donors (Lipinski definition) is 2. The molecular formula is C13H14BrNO4. The Morgan fingerprint density at radius 1 is 1.26 bits per heavy atom. The molecule has 0 saturated carbocycles. The molecule has 5 nitrogen and oxygen atoms in total. The Hall–Kier alpha value is -1.56. The third-order valence-electron chi connectivity index (χ3n) is 3.36. The summed E-state index contributed by atoms with van der Waals surface area (Å²) < 4.78 is 0.984. The summed E-state index contributed by atoms with van der Waals surface area (Å²) in [4.78, 5) is 23.1. The van der Waals surface area contributed by atoms with E-state index < -0.39 is 18.1 Å². The Kier molecular flexibility index (Phi) is 4.09. The fraction of sp³-hybridized carbons (Fsp3) is 0.385. The van der Waals surface area contributed by atoms with Gasteiger partial charge < -0.3 is 10.2 Å². The number of amides is 1. The first-order valence-electron chi connectivity index (χ1n) is 5.94. The van der Waals surface area contributed by atoms with Crippen molar-refractivity contribution in [2.45, 2.75) is 18.9 Å². The lowest BCUT2D eigenvalue weighted by Crippen LogP contribution is -2.39. The number of nitrogens with zero attached hydrogens (tertiary/aromatic N) is 1. The smallest absolute Gasteiger partial charge is 0.408 e. The van der Waals surface area contributed by atoms with Crippen LogP contribution < -0.4 is 0 Å². The number of halogens is 1. The minimum absolute atomic E-state index is 0.0541. The predicted molar refractivity (Wildman–Crippen MR) is 72.1 cm³/mol. The van der Waals surface area contributed by atoms with Crippen molar-refractivity contribution >= 4 is 28.0 Å². The molecule has 1 heterocycles. The second-order valence-corrected chi connectivity index (χ2v) is 5.64. The largest absolute Gasteiger partial charge is 0.480 e. The van der Waals surface area contributed by atoms with Crippen molar-refractivity contribution in [3.63, 3.8) is 0 Å². The van der Waals surface area contributed by atoms with E-state index in [0.29, 0.717) is 12.8 Å². The van der Waals surface area contributed by atoms with Crippen LogP contribution in [0.25, 0.3) is 0 Å². The molecule has 1 aliphatic rings. The number of likely N-dealkylation sites (tertiary alicyclic amines) is 1. The summed E-state index contributed by atoms with van der Waals surface area (Å²) in [5.74, 6) is -1.01. The Morgan fingerprint density at radius 2 is 1.89 bits per heavy atom. The van der Waals surface area contributed by atoms with Gasteiger partial charge in [-0.15, -0.1) is 0 Å². The average molecular weight is 328 g/mol. The van der Waals surface area contributed by atoms with Gasteiger partial charge in [-0.3, -0.25) is 4.90 Å². The lowest BCUT2D eigenvalue weighted by atomic mass is 9.97. The average Bonchev–Trinajstić information content (AvgIpc) is 2.76. The molecule has 1 aliphatic heterocycles. The van der Waals surface area contributed by atoms with Crippen LogP contribution in [0.4, 0.5) is 4.79 Å². The van der Waals surface area contributed by atoms with E-state index in [1.54, 1.807) is 0 Å². The number of rotatable bonds is 3. The van der Waals surface area contributed by atoms with Gasteiger partial charge in [0, 0.05) is 11.0 Å². The molecule has 0 aliphatic carbocycles. The highest BCUT2D eigenvalue weighted by Gasteiger charge is 2.39. The van der Waals surface area contributed by atoms with Crippen LogP contribution in [0, 0.1) is 5.92 Å². The molecular weight excluding hydrogens is 314 g/mol. The molecule has 102 valence electrons. The van der Waals surface area contributed by atoms with Crippen molar-refractivity contribution in [2.24, 2.45) is 5.92 Å². The molecule has 1 aromatic rings. The number of carboxylic acids is 1. The normalized spacial score (nSPS) is 22.5. The van der Waals surface area contributed by atoms with Crippen LogP contribution in [-0.2, 0) is 11.2 Å². The van der Waals surface area contributed by atoms with Crippen LogP contribution in [0.3, 0.4) is 0 Å². The van der Waals surface area contributed by atoms with E-state index >= 15 is 0 Å². The van der Waals surface area contributed by atoms with Gasteiger partial charge >= 0.3 is 12.1 Å². The number of carbonyl (C=O) groups is 2. The SMILES string of the molecule is O=C(O)[C@@H]1C[C@@H](Cc2ccc(Br)cc2)CN1C(=O)O. The van der Waals surface area contributed by atoms with Crippen molar-refractivity contribution < 1.29 is 19.8 Å². The lowest BCUT2D eigenvalue weighted by Gasteiger charge is -2.16. The zero-order valence-electron chi connectivity index (χ0n) is 10.1. The lowest BCUT2D eigenvalue weighted by molar-refractivity contribution is -0.141. The number of carboxylic acid groups (broad SMARTS) is 2. The first-order valence-corrected chi connectivity index (χ1v) is 6.73. The third-order valence-corrected chi connectivity index (χ3v) is 3.88. The maximum atomic E-state index is 11.0. The van der Waals surface area contributed by atoms with Crippen molar-refractivity contribution in [1.82, 2.24) is 4.90 Å². The van der Waals surface area contributed by atoms with Gasteiger partial charge in [-0.25, -0.2) is 9.59 Å². The van der Waals surface area contributed by atoms with Crippen molar-refractivity contribution in [3.05, 3.63) is 34.3 Å². The number of aliphatic carboxylic acids is 1. The summed E-state index contributed by atoms with van der Waals surface area (Å²) in [6.07, 6.45) is -0.0934. The van der Waals surface area contributed by atoms with Crippen LogP contribution >= 0.6 is 15.9 Å². The van der Waals surface area contributed by atoms with Gasteiger partial charge in [0.05, 0.1) is 0 Å². The Balaban J connectivity index is 2.05. The van der Waals surface area contributed by atoms with E-state index in [9.17, 15) is 9.59 Å². The topological polar surface area (TPSA) is 77.8 Å². The molecule has 1 aromatic carbocycles. The Morgan fingerprint density at radius 3 is 2.37 bits per heavy atom. The van der Waals surface area contributed by atoms with Crippen molar-refractivity contribution in [2.75, 3.05) is 6.54 Å². The van der Waals surface area contributed by atoms with E-state index in [4.69, 9.17) is 10.2 Å². The monoisotopic (exact) mass is 327 g/mol. The molecule has 2 N–H and O–H groups in total. The van der Waals surface area contributed by atoms with Gasteiger partial charge in [0.15, 0.2) is 0 Å². The van der Waals surface area contributed by atoms with E-state index in [0.717, 1.165) is 14.9 Å². The van der Waals surface area contributed by atoms with Crippen molar-refractivity contribution in [3.8, 4) is 0 Å². The molecule has 19 heavy (non-hydrogen) atoms.